The van der Waals surface area contributed by atoms with Crippen LogP contribution in [-0.4, -0.2) is 52.2 Å². The summed E-state index contributed by atoms with van der Waals surface area (Å²) in [6, 6.07) is 2.41. The number of ether oxygens (including phenoxy) is 1. The van der Waals surface area contributed by atoms with Crippen molar-refractivity contribution in [3.05, 3.63) is 29.1 Å². The largest absolute Gasteiger partial charge is 0.444 e. The van der Waals surface area contributed by atoms with Crippen molar-refractivity contribution in [3.8, 4) is 0 Å². The Kier molecular flexibility index (Phi) is 5.12. The lowest BCUT2D eigenvalue weighted by Gasteiger charge is -2.41. The van der Waals surface area contributed by atoms with E-state index in [2.05, 4.69) is 9.97 Å². The van der Waals surface area contributed by atoms with E-state index in [1.165, 1.54) is 6.07 Å². The number of amides is 1. The number of nitrogens with zero attached hydrogens (tertiary/aromatic N) is 4. The second kappa shape index (κ2) is 7.07. The Labute approximate surface area is 161 Å². The molecule has 0 N–H and O–H groups in total. The fourth-order valence-corrected chi connectivity index (χ4v) is 3.30. The number of halogens is 3. The highest BCUT2D eigenvalue weighted by atomic mass is 35.5. The SMILES string of the molecule is C[C@H]1CN(C(=O)OC(C)(C)C)CCN1c1nc(F)nc2c(F)cc(Cl)cc12. The van der Waals surface area contributed by atoms with Gasteiger partial charge in [0.1, 0.15) is 16.9 Å². The zero-order valence-corrected chi connectivity index (χ0v) is 16.3. The molecular formula is C18H21ClF2N4O2. The van der Waals surface area contributed by atoms with Crippen LogP contribution in [0.15, 0.2) is 12.1 Å². The molecule has 1 fully saturated rings. The summed E-state index contributed by atoms with van der Waals surface area (Å²) < 4.78 is 33.5. The Morgan fingerprint density at radius 3 is 2.59 bits per heavy atom. The summed E-state index contributed by atoms with van der Waals surface area (Å²) in [5.41, 5.74) is -0.707. The molecule has 27 heavy (non-hydrogen) atoms. The van der Waals surface area contributed by atoms with Gasteiger partial charge in [0.15, 0.2) is 5.82 Å². The summed E-state index contributed by atoms with van der Waals surface area (Å²) >= 11 is 5.96. The summed E-state index contributed by atoms with van der Waals surface area (Å²) in [7, 11) is 0. The number of hydrogen-bond acceptors (Lipinski definition) is 5. The molecule has 146 valence electrons. The van der Waals surface area contributed by atoms with Crippen LogP contribution in [0.25, 0.3) is 10.9 Å². The maximum absolute atomic E-state index is 14.2. The Balaban J connectivity index is 1.90. The predicted octanol–water partition coefficient (Wildman–Crippen LogP) is 4.01. The zero-order chi connectivity index (χ0) is 19.9. The number of carbonyl (C=O) groups is 1. The van der Waals surface area contributed by atoms with Crippen LogP contribution in [0.3, 0.4) is 0 Å². The number of fused-ring (bicyclic) bond motifs is 1. The summed E-state index contributed by atoms with van der Waals surface area (Å²) in [4.78, 5) is 23.1. The molecule has 0 spiro atoms. The highest BCUT2D eigenvalue weighted by Gasteiger charge is 2.31. The van der Waals surface area contributed by atoms with E-state index in [9.17, 15) is 13.6 Å². The average molecular weight is 399 g/mol. The van der Waals surface area contributed by atoms with Gasteiger partial charge in [0, 0.05) is 36.1 Å². The van der Waals surface area contributed by atoms with Crippen molar-refractivity contribution in [1.82, 2.24) is 14.9 Å². The van der Waals surface area contributed by atoms with Gasteiger partial charge in [-0.1, -0.05) is 11.6 Å². The van der Waals surface area contributed by atoms with Crippen molar-refractivity contribution < 1.29 is 18.3 Å². The molecule has 0 bridgehead atoms. The van der Waals surface area contributed by atoms with E-state index in [1.54, 1.807) is 25.7 Å². The van der Waals surface area contributed by atoms with Crippen LogP contribution in [-0.2, 0) is 4.74 Å². The van der Waals surface area contributed by atoms with Crippen LogP contribution in [0.1, 0.15) is 27.7 Å². The molecule has 2 heterocycles. The molecule has 1 amide bonds. The predicted molar refractivity (Wildman–Crippen MR) is 99.1 cm³/mol. The van der Waals surface area contributed by atoms with E-state index < -0.39 is 23.6 Å². The molecule has 3 rings (SSSR count). The fourth-order valence-electron chi connectivity index (χ4n) is 3.10. The summed E-state index contributed by atoms with van der Waals surface area (Å²) in [5.74, 6) is -0.449. The normalized spacial score (nSPS) is 18.1. The van der Waals surface area contributed by atoms with Gasteiger partial charge in [0.25, 0.3) is 0 Å². The third-order valence-corrected chi connectivity index (χ3v) is 4.44. The van der Waals surface area contributed by atoms with Gasteiger partial charge in [0.2, 0.25) is 0 Å². The van der Waals surface area contributed by atoms with E-state index in [0.717, 1.165) is 6.07 Å². The summed E-state index contributed by atoms with van der Waals surface area (Å²) in [5, 5.41) is 0.510. The van der Waals surface area contributed by atoms with Gasteiger partial charge in [-0.05, 0) is 39.8 Å². The molecule has 1 atom stereocenters. The van der Waals surface area contributed by atoms with Crippen LogP contribution in [0.5, 0.6) is 0 Å². The number of aromatic nitrogens is 2. The number of anilines is 1. The summed E-state index contributed by atoms with van der Waals surface area (Å²) in [6.07, 6.45) is -1.41. The smallest absolute Gasteiger partial charge is 0.410 e. The number of carbonyl (C=O) groups excluding carboxylic acids is 1. The second-order valence-electron chi connectivity index (χ2n) is 7.57. The van der Waals surface area contributed by atoms with Crippen molar-refractivity contribution >= 4 is 34.4 Å². The molecule has 1 aliphatic rings. The molecule has 0 unspecified atom stereocenters. The van der Waals surface area contributed by atoms with E-state index in [-0.39, 0.29) is 22.4 Å². The van der Waals surface area contributed by atoms with E-state index in [0.29, 0.717) is 25.0 Å². The molecule has 0 saturated carbocycles. The van der Waals surface area contributed by atoms with E-state index in [4.69, 9.17) is 16.3 Å². The lowest BCUT2D eigenvalue weighted by atomic mass is 10.1. The van der Waals surface area contributed by atoms with Gasteiger partial charge >= 0.3 is 12.2 Å². The molecule has 1 aromatic heterocycles. The first-order valence-electron chi connectivity index (χ1n) is 8.62. The number of benzene rings is 1. The minimum atomic E-state index is -1.01. The minimum absolute atomic E-state index is 0.122. The van der Waals surface area contributed by atoms with Crippen LogP contribution < -0.4 is 4.90 Å². The van der Waals surface area contributed by atoms with Crippen molar-refractivity contribution in [2.24, 2.45) is 0 Å². The van der Waals surface area contributed by atoms with Gasteiger partial charge in [0.05, 0.1) is 0 Å². The van der Waals surface area contributed by atoms with E-state index >= 15 is 0 Å². The highest BCUT2D eigenvalue weighted by molar-refractivity contribution is 6.31. The van der Waals surface area contributed by atoms with Gasteiger partial charge in [-0.2, -0.15) is 14.4 Å². The number of rotatable bonds is 1. The Hall–Kier alpha value is -2.22. The fraction of sp³-hybridized carbons (Fsp3) is 0.500. The topological polar surface area (TPSA) is 58.6 Å². The minimum Gasteiger partial charge on any atom is -0.444 e. The monoisotopic (exact) mass is 398 g/mol. The molecule has 0 radical (unpaired) electrons. The first-order chi connectivity index (χ1) is 12.5. The van der Waals surface area contributed by atoms with Crippen molar-refractivity contribution in [1.29, 1.82) is 0 Å². The first kappa shape index (κ1) is 19.5. The average Bonchev–Trinajstić information content (AvgIpc) is 2.53. The van der Waals surface area contributed by atoms with E-state index in [1.807, 2.05) is 11.8 Å². The number of piperazine rings is 1. The number of hydrogen-bond donors (Lipinski definition) is 0. The molecule has 9 heteroatoms. The standard InChI is InChI=1S/C18H21ClF2N4O2/c1-10-9-24(17(26)27-18(2,3)4)5-6-25(10)15-12-7-11(19)8-13(20)14(12)22-16(21)23-15/h7-8,10H,5-6,9H2,1-4H3/t10-/m0/s1. The lowest BCUT2D eigenvalue weighted by molar-refractivity contribution is 0.0218. The molecule has 1 saturated heterocycles. The molecule has 2 aromatic rings. The maximum Gasteiger partial charge on any atom is 0.410 e. The third kappa shape index (κ3) is 4.21. The molecule has 6 nitrogen and oxygen atoms in total. The van der Waals surface area contributed by atoms with Crippen LogP contribution in [0.2, 0.25) is 5.02 Å². The third-order valence-electron chi connectivity index (χ3n) is 4.22. The Morgan fingerprint density at radius 1 is 1.26 bits per heavy atom. The van der Waals surface area contributed by atoms with Crippen LogP contribution >= 0.6 is 11.6 Å². The Bertz CT molecular complexity index is 888. The lowest BCUT2D eigenvalue weighted by Crippen LogP contribution is -2.55. The van der Waals surface area contributed by atoms with Crippen LogP contribution in [0.4, 0.5) is 19.4 Å². The molecule has 0 aliphatic carbocycles. The van der Waals surface area contributed by atoms with Crippen LogP contribution in [0, 0.1) is 11.9 Å². The van der Waals surface area contributed by atoms with Crippen molar-refractivity contribution in [3.63, 3.8) is 0 Å². The van der Waals surface area contributed by atoms with Gasteiger partial charge in [-0.15, -0.1) is 0 Å². The van der Waals surface area contributed by atoms with Gasteiger partial charge in [-0.25, -0.2) is 9.18 Å². The Morgan fingerprint density at radius 2 is 1.96 bits per heavy atom. The van der Waals surface area contributed by atoms with Gasteiger partial charge < -0.3 is 14.5 Å². The highest BCUT2D eigenvalue weighted by Crippen LogP contribution is 2.31. The molecule has 1 aliphatic heterocycles. The van der Waals surface area contributed by atoms with Gasteiger partial charge in [-0.3, -0.25) is 0 Å². The quantitative estimate of drug-likeness (QED) is 0.679. The van der Waals surface area contributed by atoms with Crippen molar-refractivity contribution in [2.75, 3.05) is 24.5 Å². The summed E-state index contributed by atoms with van der Waals surface area (Å²) in [6.45, 7) is 8.42. The zero-order valence-electron chi connectivity index (χ0n) is 15.6. The molecule has 1 aromatic carbocycles. The first-order valence-corrected chi connectivity index (χ1v) is 9.00. The molecular weight excluding hydrogens is 378 g/mol. The maximum atomic E-state index is 14.2. The van der Waals surface area contributed by atoms with Crippen molar-refractivity contribution in [2.45, 2.75) is 39.3 Å². The second-order valence-corrected chi connectivity index (χ2v) is 8.01.